The van der Waals surface area contributed by atoms with Crippen LogP contribution < -0.4 is 5.32 Å². The zero-order valence-electron chi connectivity index (χ0n) is 11.8. The number of hydrogen-bond acceptors (Lipinski definition) is 4. The van der Waals surface area contributed by atoms with Crippen molar-refractivity contribution in [3.8, 4) is 6.07 Å². The first kappa shape index (κ1) is 14.8. The molecule has 0 saturated carbocycles. The second kappa shape index (κ2) is 6.71. The van der Waals surface area contributed by atoms with E-state index in [1.807, 2.05) is 31.2 Å². The van der Waals surface area contributed by atoms with Crippen LogP contribution >= 0.6 is 0 Å². The van der Waals surface area contributed by atoms with Crippen molar-refractivity contribution in [3.05, 3.63) is 35.9 Å². The number of nitrogens with zero attached hydrogens (tertiary/aromatic N) is 2. The number of hydrogen-bond donors (Lipinski definition) is 2. The molecule has 1 aromatic heterocycles. The molecule has 0 aliphatic heterocycles. The van der Waals surface area contributed by atoms with Gasteiger partial charge in [0.25, 0.3) is 0 Å². The van der Waals surface area contributed by atoms with Crippen LogP contribution in [0.5, 0.6) is 0 Å². The van der Waals surface area contributed by atoms with Gasteiger partial charge >= 0.3 is 5.97 Å². The van der Waals surface area contributed by atoms with Crippen molar-refractivity contribution in [2.45, 2.75) is 19.8 Å². The highest BCUT2D eigenvalue weighted by Crippen LogP contribution is 2.20. The second-order valence-electron chi connectivity index (χ2n) is 4.94. The Balaban J connectivity index is 2.19. The number of nitrogens with one attached hydrogen (secondary N) is 1. The van der Waals surface area contributed by atoms with E-state index in [9.17, 15) is 10.1 Å². The van der Waals surface area contributed by atoms with Gasteiger partial charge in [0, 0.05) is 18.4 Å². The molecule has 0 spiro atoms. The van der Waals surface area contributed by atoms with E-state index in [-0.39, 0.29) is 12.3 Å². The van der Waals surface area contributed by atoms with Crippen molar-refractivity contribution in [2.75, 3.05) is 11.9 Å². The molecule has 5 heteroatoms. The van der Waals surface area contributed by atoms with Crippen molar-refractivity contribution in [1.82, 2.24) is 4.98 Å². The van der Waals surface area contributed by atoms with Gasteiger partial charge in [-0.15, -0.1) is 0 Å². The van der Waals surface area contributed by atoms with Gasteiger partial charge in [-0.1, -0.05) is 31.5 Å². The van der Waals surface area contributed by atoms with Gasteiger partial charge in [0.1, 0.15) is 5.82 Å². The van der Waals surface area contributed by atoms with Crippen LogP contribution in [0.3, 0.4) is 0 Å². The molecule has 0 aliphatic carbocycles. The standard InChI is InChI=1S/C16H17N3O2/c1-2-11(7-16(20)21)10-18-15-8-12(9-17)13-5-3-4-6-14(13)19-15/h3-6,8,11H,2,7,10H2,1H3,(H,18,19)(H,20,21). The number of pyridine rings is 1. The Morgan fingerprint density at radius 3 is 2.90 bits per heavy atom. The number of para-hydroxylation sites is 1. The molecule has 2 N–H and O–H groups in total. The molecule has 0 saturated heterocycles. The zero-order chi connectivity index (χ0) is 15.2. The fourth-order valence-electron chi connectivity index (χ4n) is 2.22. The minimum absolute atomic E-state index is 0.0429. The first-order valence-electron chi connectivity index (χ1n) is 6.89. The summed E-state index contributed by atoms with van der Waals surface area (Å²) < 4.78 is 0. The third-order valence-electron chi connectivity index (χ3n) is 3.45. The molecule has 0 radical (unpaired) electrons. The van der Waals surface area contributed by atoms with Gasteiger partial charge in [-0.3, -0.25) is 4.79 Å². The van der Waals surface area contributed by atoms with Crippen molar-refractivity contribution in [2.24, 2.45) is 5.92 Å². The highest BCUT2D eigenvalue weighted by Gasteiger charge is 2.12. The quantitative estimate of drug-likeness (QED) is 0.851. The maximum Gasteiger partial charge on any atom is 0.303 e. The summed E-state index contributed by atoms with van der Waals surface area (Å²) in [7, 11) is 0. The summed E-state index contributed by atoms with van der Waals surface area (Å²) in [4.78, 5) is 15.2. The van der Waals surface area contributed by atoms with E-state index < -0.39 is 5.97 Å². The Labute approximate surface area is 123 Å². The Hall–Kier alpha value is -2.61. The lowest BCUT2D eigenvalue weighted by Gasteiger charge is -2.14. The minimum atomic E-state index is -0.798. The molecular formula is C16H17N3O2. The molecule has 1 unspecified atom stereocenters. The average molecular weight is 283 g/mol. The molecule has 108 valence electrons. The largest absolute Gasteiger partial charge is 0.481 e. The van der Waals surface area contributed by atoms with Crippen LogP contribution in [0, 0.1) is 17.2 Å². The first-order chi connectivity index (χ1) is 10.1. The van der Waals surface area contributed by atoms with Gasteiger partial charge in [-0.2, -0.15) is 5.26 Å². The number of benzene rings is 1. The summed E-state index contributed by atoms with van der Waals surface area (Å²) >= 11 is 0. The summed E-state index contributed by atoms with van der Waals surface area (Å²) in [5.74, 6) is -0.150. The van der Waals surface area contributed by atoms with E-state index in [4.69, 9.17) is 5.11 Å². The summed E-state index contributed by atoms with van der Waals surface area (Å²) in [6.07, 6.45) is 0.903. The Morgan fingerprint density at radius 1 is 1.48 bits per heavy atom. The van der Waals surface area contributed by atoms with Gasteiger partial charge in [-0.25, -0.2) is 4.98 Å². The summed E-state index contributed by atoms with van der Waals surface area (Å²) in [5.41, 5.74) is 1.32. The normalized spacial score (nSPS) is 11.8. The molecule has 1 atom stereocenters. The Morgan fingerprint density at radius 2 is 2.24 bits per heavy atom. The molecule has 21 heavy (non-hydrogen) atoms. The predicted molar refractivity (Wildman–Crippen MR) is 81.0 cm³/mol. The molecule has 5 nitrogen and oxygen atoms in total. The van der Waals surface area contributed by atoms with Gasteiger partial charge in [0.2, 0.25) is 0 Å². The van der Waals surface area contributed by atoms with Crippen molar-refractivity contribution < 1.29 is 9.90 Å². The van der Waals surface area contributed by atoms with E-state index in [1.165, 1.54) is 0 Å². The summed E-state index contributed by atoms with van der Waals surface area (Å²) in [6.45, 7) is 2.49. The summed E-state index contributed by atoms with van der Waals surface area (Å²) in [5, 5.41) is 22.0. The van der Waals surface area contributed by atoms with Gasteiger partial charge < -0.3 is 10.4 Å². The van der Waals surface area contributed by atoms with E-state index >= 15 is 0 Å². The van der Waals surface area contributed by atoms with E-state index in [2.05, 4.69) is 16.4 Å². The van der Waals surface area contributed by atoms with E-state index in [0.717, 1.165) is 17.3 Å². The first-order valence-corrected chi connectivity index (χ1v) is 6.89. The monoisotopic (exact) mass is 283 g/mol. The average Bonchev–Trinajstić information content (AvgIpc) is 2.50. The number of aromatic nitrogens is 1. The topological polar surface area (TPSA) is 86.0 Å². The zero-order valence-corrected chi connectivity index (χ0v) is 11.8. The second-order valence-corrected chi connectivity index (χ2v) is 4.94. The highest BCUT2D eigenvalue weighted by atomic mass is 16.4. The Bertz CT molecular complexity index is 691. The van der Waals surface area contributed by atoms with Gasteiger partial charge in [-0.05, 0) is 18.1 Å². The number of fused-ring (bicyclic) bond motifs is 1. The van der Waals surface area contributed by atoms with Crippen LogP contribution in [0.25, 0.3) is 10.9 Å². The van der Waals surface area contributed by atoms with E-state index in [1.54, 1.807) is 6.07 Å². The molecule has 1 aromatic carbocycles. The van der Waals surface area contributed by atoms with Gasteiger partial charge in [0.05, 0.1) is 17.1 Å². The maximum absolute atomic E-state index is 10.8. The summed E-state index contributed by atoms with van der Waals surface area (Å²) in [6, 6.07) is 11.3. The smallest absolute Gasteiger partial charge is 0.303 e. The van der Waals surface area contributed by atoms with Crippen LogP contribution in [0.2, 0.25) is 0 Å². The van der Waals surface area contributed by atoms with Crippen LogP contribution in [0.15, 0.2) is 30.3 Å². The fraction of sp³-hybridized carbons (Fsp3) is 0.312. The number of anilines is 1. The lowest BCUT2D eigenvalue weighted by Crippen LogP contribution is -2.17. The van der Waals surface area contributed by atoms with Crippen LogP contribution in [0.1, 0.15) is 25.3 Å². The van der Waals surface area contributed by atoms with Crippen LogP contribution in [-0.4, -0.2) is 22.6 Å². The van der Waals surface area contributed by atoms with Crippen molar-refractivity contribution in [3.63, 3.8) is 0 Å². The fourth-order valence-corrected chi connectivity index (χ4v) is 2.22. The third-order valence-corrected chi connectivity index (χ3v) is 3.45. The molecule has 0 aliphatic rings. The minimum Gasteiger partial charge on any atom is -0.481 e. The molecular weight excluding hydrogens is 266 g/mol. The van der Waals surface area contributed by atoms with Crippen LogP contribution in [0.4, 0.5) is 5.82 Å². The number of aliphatic carboxylic acids is 1. The van der Waals surface area contributed by atoms with E-state index in [0.29, 0.717) is 17.9 Å². The molecule has 0 bridgehead atoms. The molecule has 2 rings (SSSR count). The lowest BCUT2D eigenvalue weighted by molar-refractivity contribution is -0.138. The number of carboxylic acids is 1. The SMILES string of the molecule is CCC(CNc1cc(C#N)c2ccccc2n1)CC(=O)O. The lowest BCUT2D eigenvalue weighted by atomic mass is 10.0. The molecule has 1 heterocycles. The third kappa shape index (κ3) is 3.69. The van der Waals surface area contributed by atoms with Crippen molar-refractivity contribution >= 4 is 22.7 Å². The molecule has 0 amide bonds. The van der Waals surface area contributed by atoms with Gasteiger partial charge in [0.15, 0.2) is 0 Å². The molecule has 2 aromatic rings. The van der Waals surface area contributed by atoms with Crippen molar-refractivity contribution in [1.29, 1.82) is 5.26 Å². The number of carboxylic acid groups (broad SMARTS) is 1. The number of nitriles is 1. The molecule has 0 fully saturated rings. The predicted octanol–water partition coefficient (Wildman–Crippen LogP) is 3.02. The number of carbonyl (C=O) groups is 1. The van der Waals surface area contributed by atoms with Crippen LogP contribution in [-0.2, 0) is 4.79 Å². The Kier molecular flexibility index (Phi) is 4.72. The highest BCUT2D eigenvalue weighted by molar-refractivity contribution is 5.86. The maximum atomic E-state index is 10.8. The number of rotatable bonds is 6.